The summed E-state index contributed by atoms with van der Waals surface area (Å²) < 4.78 is 11.0. The van der Waals surface area contributed by atoms with Gasteiger partial charge < -0.3 is 9.47 Å². The van der Waals surface area contributed by atoms with E-state index in [9.17, 15) is 4.79 Å². The Labute approximate surface area is 194 Å². The van der Waals surface area contributed by atoms with Crippen LogP contribution in [0.5, 0.6) is 0 Å². The van der Waals surface area contributed by atoms with Crippen molar-refractivity contribution >= 4 is 64.2 Å². The predicted molar refractivity (Wildman–Crippen MR) is 125 cm³/mol. The Morgan fingerprint density at radius 3 is 2.90 bits per heavy atom. The van der Waals surface area contributed by atoms with Gasteiger partial charge in [0.1, 0.15) is 5.25 Å². The molecule has 4 rings (SSSR count). The molecule has 3 unspecified atom stereocenters. The average molecular weight is 482 g/mol. The second kappa shape index (κ2) is 9.88. The molecular weight excluding hydrogens is 461 g/mol. The minimum Gasteiger partial charge on any atom is -0.468 e. The quantitative estimate of drug-likeness (QED) is 0.425. The number of methoxy groups -OCH3 is 1. The number of halogens is 2. The minimum absolute atomic E-state index is 0.248. The molecule has 1 aromatic carbocycles. The molecule has 0 N–H and O–H groups in total. The Kier molecular flexibility index (Phi) is 7.21. The lowest BCUT2D eigenvalue weighted by molar-refractivity contribution is -0.142. The van der Waals surface area contributed by atoms with Crippen molar-refractivity contribution < 1.29 is 14.3 Å². The highest BCUT2D eigenvalue weighted by Gasteiger charge is 2.36. The van der Waals surface area contributed by atoms with Gasteiger partial charge in [-0.2, -0.15) is 0 Å². The zero-order valence-corrected chi connectivity index (χ0v) is 19.5. The molecule has 0 radical (unpaired) electrons. The zero-order chi connectivity index (χ0) is 21.1. The molecule has 0 fully saturated rings. The maximum atomic E-state index is 12.2. The summed E-state index contributed by atoms with van der Waals surface area (Å²) in [7, 11) is 1.42. The van der Waals surface area contributed by atoms with E-state index in [4.69, 9.17) is 32.7 Å². The first-order chi connectivity index (χ1) is 14.5. The van der Waals surface area contributed by atoms with E-state index in [2.05, 4.69) is 11.1 Å². The number of hydrogen-bond donors (Lipinski definition) is 0. The van der Waals surface area contributed by atoms with Gasteiger partial charge in [-0.15, -0.1) is 23.1 Å². The third-order valence-electron chi connectivity index (χ3n) is 5.15. The fourth-order valence-electron chi connectivity index (χ4n) is 3.58. The molecule has 2 aromatic rings. The van der Waals surface area contributed by atoms with Crippen molar-refractivity contribution in [3.63, 3.8) is 0 Å². The molecule has 0 aliphatic carbocycles. The Balaban J connectivity index is 1.37. The van der Waals surface area contributed by atoms with Crippen molar-refractivity contribution in [2.24, 2.45) is 10.9 Å². The van der Waals surface area contributed by atoms with Crippen LogP contribution in [0.4, 0.5) is 5.69 Å². The Morgan fingerprint density at radius 2 is 2.13 bits per heavy atom. The molecule has 2 aliphatic heterocycles. The number of aliphatic imine (C=N–C) groups is 1. The maximum Gasteiger partial charge on any atom is 0.322 e. The molecule has 2 aliphatic rings. The summed E-state index contributed by atoms with van der Waals surface area (Å²) in [6, 6.07) is 7.76. The van der Waals surface area contributed by atoms with Crippen LogP contribution in [0.25, 0.3) is 0 Å². The lowest BCUT2D eigenvalue weighted by atomic mass is 9.92. The Bertz CT molecular complexity index is 975. The van der Waals surface area contributed by atoms with Crippen molar-refractivity contribution in [1.29, 1.82) is 0 Å². The number of rotatable bonds is 7. The van der Waals surface area contributed by atoms with Crippen LogP contribution in [0.15, 0.2) is 45.6 Å². The molecule has 1 aromatic heterocycles. The van der Waals surface area contributed by atoms with E-state index >= 15 is 0 Å². The standard InChI is InChI=1S/C22H21Cl2NO3S2/c1-27-22(26)21-20(28-12-16-3-2-6-29-16)9-15(30-21)5-4-13-7-14-8-17(23)18(24)10-19(14)25-11-13/h2-3,6,8-11,13,20-21H,4-5,7,12H2,1H3. The second-order valence-electron chi connectivity index (χ2n) is 7.23. The van der Waals surface area contributed by atoms with Crippen LogP contribution < -0.4 is 0 Å². The molecule has 0 amide bonds. The second-order valence-corrected chi connectivity index (χ2v) is 10.3. The number of carbonyl (C=O) groups is 1. The van der Waals surface area contributed by atoms with E-state index in [1.807, 2.05) is 35.9 Å². The summed E-state index contributed by atoms with van der Waals surface area (Å²) >= 11 is 15.4. The molecule has 0 spiro atoms. The Morgan fingerprint density at radius 1 is 1.30 bits per heavy atom. The highest BCUT2D eigenvalue weighted by molar-refractivity contribution is 8.04. The van der Waals surface area contributed by atoms with Crippen molar-refractivity contribution in [1.82, 2.24) is 0 Å². The summed E-state index contributed by atoms with van der Waals surface area (Å²) in [5, 5.41) is 2.76. The van der Waals surface area contributed by atoms with E-state index in [1.54, 1.807) is 23.1 Å². The first-order valence-electron chi connectivity index (χ1n) is 9.64. The van der Waals surface area contributed by atoms with Gasteiger partial charge in [0.2, 0.25) is 0 Å². The molecule has 0 saturated carbocycles. The maximum absolute atomic E-state index is 12.2. The van der Waals surface area contributed by atoms with E-state index < -0.39 is 0 Å². The smallest absolute Gasteiger partial charge is 0.322 e. The zero-order valence-electron chi connectivity index (χ0n) is 16.3. The molecular formula is C22H21Cl2NO3S2. The minimum atomic E-state index is -0.355. The van der Waals surface area contributed by atoms with Crippen LogP contribution in [0, 0.1) is 5.92 Å². The number of fused-ring (bicyclic) bond motifs is 1. The number of nitrogens with zero attached hydrogens (tertiary/aromatic N) is 1. The van der Waals surface area contributed by atoms with Gasteiger partial charge in [-0.25, -0.2) is 0 Å². The van der Waals surface area contributed by atoms with E-state index in [1.165, 1.54) is 7.11 Å². The summed E-state index contributed by atoms with van der Waals surface area (Å²) in [4.78, 5) is 19.1. The number of thiophene rings is 1. The number of esters is 1. The molecule has 4 nitrogen and oxygen atoms in total. The van der Waals surface area contributed by atoms with Crippen LogP contribution in [-0.4, -0.2) is 30.6 Å². The summed E-state index contributed by atoms with van der Waals surface area (Å²) in [6.07, 6.45) is 6.48. The summed E-state index contributed by atoms with van der Waals surface area (Å²) in [5.74, 6) is 0.0704. The van der Waals surface area contributed by atoms with Crippen LogP contribution in [-0.2, 0) is 27.3 Å². The monoisotopic (exact) mass is 481 g/mol. The SMILES string of the molecule is COC(=O)C1SC(CCC2C=Nc3cc(Cl)c(Cl)cc3C2)=CC1OCc1cccs1. The van der Waals surface area contributed by atoms with Crippen molar-refractivity contribution in [2.45, 2.75) is 37.2 Å². The van der Waals surface area contributed by atoms with Crippen molar-refractivity contribution in [2.75, 3.05) is 7.11 Å². The number of hydrogen-bond acceptors (Lipinski definition) is 6. The van der Waals surface area contributed by atoms with E-state index in [-0.39, 0.29) is 17.3 Å². The fraction of sp³-hybridized carbons (Fsp3) is 0.364. The van der Waals surface area contributed by atoms with Gasteiger partial charge in [-0.1, -0.05) is 29.3 Å². The van der Waals surface area contributed by atoms with Crippen LogP contribution in [0.2, 0.25) is 10.0 Å². The number of allylic oxidation sites excluding steroid dienone is 1. The highest BCUT2D eigenvalue weighted by Crippen LogP contribution is 2.40. The van der Waals surface area contributed by atoms with Crippen LogP contribution in [0.1, 0.15) is 23.3 Å². The molecule has 3 atom stereocenters. The largest absolute Gasteiger partial charge is 0.468 e. The molecule has 0 bridgehead atoms. The number of benzene rings is 1. The van der Waals surface area contributed by atoms with Crippen LogP contribution in [0.3, 0.4) is 0 Å². The van der Waals surface area contributed by atoms with Gasteiger partial charge in [-0.05, 0) is 65.3 Å². The third-order valence-corrected chi connectivity index (χ3v) is 8.08. The molecule has 0 saturated heterocycles. The van der Waals surface area contributed by atoms with Gasteiger partial charge in [0.05, 0.1) is 35.6 Å². The molecule has 158 valence electrons. The summed E-state index contributed by atoms with van der Waals surface area (Å²) in [5.41, 5.74) is 2.01. The molecule has 30 heavy (non-hydrogen) atoms. The van der Waals surface area contributed by atoms with Crippen LogP contribution >= 0.6 is 46.3 Å². The first-order valence-corrected chi connectivity index (χ1v) is 12.2. The normalized spacial score (nSPS) is 22.6. The molecule has 8 heteroatoms. The van der Waals surface area contributed by atoms with E-state index in [0.29, 0.717) is 22.6 Å². The third kappa shape index (κ3) is 5.11. The van der Waals surface area contributed by atoms with Gasteiger partial charge in [0.15, 0.2) is 0 Å². The predicted octanol–water partition coefficient (Wildman–Crippen LogP) is 6.47. The van der Waals surface area contributed by atoms with Gasteiger partial charge >= 0.3 is 5.97 Å². The highest BCUT2D eigenvalue weighted by atomic mass is 35.5. The van der Waals surface area contributed by atoms with Gasteiger partial charge in [0, 0.05) is 11.1 Å². The lowest BCUT2D eigenvalue weighted by Gasteiger charge is -2.19. The topological polar surface area (TPSA) is 47.9 Å². The Hall–Kier alpha value is -1.31. The number of ether oxygens (including phenoxy) is 2. The van der Waals surface area contributed by atoms with Crippen molar-refractivity contribution in [3.05, 3.63) is 61.1 Å². The average Bonchev–Trinajstić information content (AvgIpc) is 3.40. The summed E-state index contributed by atoms with van der Waals surface area (Å²) in [6.45, 7) is 0.496. The number of thioether (sulfide) groups is 1. The fourth-order valence-corrected chi connectivity index (χ4v) is 5.80. The van der Waals surface area contributed by atoms with E-state index in [0.717, 1.165) is 40.3 Å². The molecule has 3 heterocycles. The van der Waals surface area contributed by atoms with Gasteiger partial charge in [-0.3, -0.25) is 9.79 Å². The van der Waals surface area contributed by atoms with Crippen molar-refractivity contribution in [3.8, 4) is 0 Å². The first kappa shape index (κ1) is 21.9. The number of carbonyl (C=O) groups excluding carboxylic acids is 1. The lowest BCUT2D eigenvalue weighted by Crippen LogP contribution is -2.30. The van der Waals surface area contributed by atoms with Gasteiger partial charge in [0.25, 0.3) is 0 Å².